The minimum atomic E-state index is -2.80. The fourth-order valence-electron chi connectivity index (χ4n) is 1.43. The summed E-state index contributed by atoms with van der Waals surface area (Å²) in [6.07, 6.45) is 2.38. The van der Waals surface area contributed by atoms with E-state index in [-0.39, 0.29) is 6.42 Å². The molecule has 0 spiro atoms. The van der Waals surface area contributed by atoms with Crippen molar-refractivity contribution in [3.05, 3.63) is 23.8 Å². The second kappa shape index (κ2) is 2.23. The van der Waals surface area contributed by atoms with Gasteiger partial charge in [-0.15, -0.1) is 0 Å². The van der Waals surface area contributed by atoms with Crippen molar-refractivity contribution < 1.29 is 8.78 Å². The molecule has 3 nitrogen and oxygen atoms in total. The van der Waals surface area contributed by atoms with Gasteiger partial charge < -0.3 is 5.73 Å². The molecule has 13 heavy (non-hydrogen) atoms. The Kier molecular flexibility index (Phi) is 1.46. The summed E-state index contributed by atoms with van der Waals surface area (Å²) in [5.41, 5.74) is 4.86. The predicted molar refractivity (Wildman–Crippen MR) is 42.2 cm³/mol. The first-order valence-corrected chi connectivity index (χ1v) is 3.91. The Labute approximate surface area is 74.0 Å². The third kappa shape index (κ3) is 1.03. The Morgan fingerprint density at radius 3 is 2.62 bits per heavy atom. The molecule has 0 aliphatic heterocycles. The van der Waals surface area contributed by atoms with Crippen molar-refractivity contribution in [3.8, 4) is 0 Å². The highest BCUT2D eigenvalue weighted by Gasteiger charge is 2.70. The third-order valence-corrected chi connectivity index (χ3v) is 2.42. The van der Waals surface area contributed by atoms with Crippen molar-refractivity contribution in [2.24, 2.45) is 5.73 Å². The first kappa shape index (κ1) is 8.50. The zero-order valence-electron chi connectivity index (χ0n) is 7.09. The number of rotatable bonds is 1. The van der Waals surface area contributed by atoms with Crippen molar-refractivity contribution in [1.82, 2.24) is 9.97 Å². The van der Waals surface area contributed by atoms with E-state index in [1.165, 1.54) is 12.5 Å². The van der Waals surface area contributed by atoms with Crippen LogP contribution in [-0.2, 0) is 5.54 Å². The van der Waals surface area contributed by atoms with Gasteiger partial charge in [0.2, 0.25) is 0 Å². The van der Waals surface area contributed by atoms with Gasteiger partial charge in [-0.3, -0.25) is 0 Å². The summed E-state index contributed by atoms with van der Waals surface area (Å²) in [4.78, 5) is 7.52. The molecule has 2 N–H and O–H groups in total. The van der Waals surface area contributed by atoms with Crippen LogP contribution >= 0.6 is 0 Å². The van der Waals surface area contributed by atoms with E-state index < -0.39 is 11.5 Å². The van der Waals surface area contributed by atoms with Gasteiger partial charge in [0.1, 0.15) is 11.9 Å². The summed E-state index contributed by atoms with van der Waals surface area (Å²) < 4.78 is 25.7. The second-order valence-corrected chi connectivity index (χ2v) is 3.37. The van der Waals surface area contributed by atoms with Gasteiger partial charge in [-0.2, -0.15) is 0 Å². The van der Waals surface area contributed by atoms with E-state index >= 15 is 0 Å². The number of aryl methyl sites for hydroxylation is 1. The van der Waals surface area contributed by atoms with Crippen molar-refractivity contribution in [2.75, 3.05) is 0 Å². The molecule has 1 unspecified atom stereocenters. The van der Waals surface area contributed by atoms with Crippen LogP contribution in [-0.4, -0.2) is 15.9 Å². The first-order chi connectivity index (χ1) is 5.97. The van der Waals surface area contributed by atoms with Gasteiger partial charge in [0.05, 0.1) is 0 Å². The van der Waals surface area contributed by atoms with E-state index in [0.29, 0.717) is 11.3 Å². The van der Waals surface area contributed by atoms with Crippen LogP contribution in [0.3, 0.4) is 0 Å². The van der Waals surface area contributed by atoms with Crippen molar-refractivity contribution in [2.45, 2.75) is 24.8 Å². The smallest absolute Gasteiger partial charge is 0.272 e. The topological polar surface area (TPSA) is 51.8 Å². The zero-order chi connectivity index (χ0) is 9.69. The number of hydrogen-bond donors (Lipinski definition) is 1. The predicted octanol–water partition coefficient (Wildman–Crippen LogP) is 0.978. The molecule has 5 heteroatoms. The average Bonchev–Trinajstić information content (AvgIpc) is 2.53. The Bertz CT molecular complexity index is 353. The van der Waals surface area contributed by atoms with Crippen LogP contribution in [0.25, 0.3) is 0 Å². The molecule has 0 amide bonds. The molecular weight excluding hydrogens is 176 g/mol. The number of hydrogen-bond acceptors (Lipinski definition) is 3. The summed E-state index contributed by atoms with van der Waals surface area (Å²) in [7, 11) is 0. The van der Waals surface area contributed by atoms with Gasteiger partial charge in [0.15, 0.2) is 0 Å². The molecule has 2 rings (SSSR count). The fourth-order valence-corrected chi connectivity index (χ4v) is 1.43. The number of aromatic nitrogens is 2. The normalized spacial score (nSPS) is 30.2. The number of alkyl halides is 2. The lowest BCUT2D eigenvalue weighted by atomic mass is 10.1. The highest BCUT2D eigenvalue weighted by Crippen LogP contribution is 2.57. The quantitative estimate of drug-likeness (QED) is 0.709. The maximum atomic E-state index is 12.9. The lowest BCUT2D eigenvalue weighted by Gasteiger charge is -2.11. The van der Waals surface area contributed by atoms with Crippen molar-refractivity contribution >= 4 is 0 Å². The molecule has 1 aliphatic carbocycles. The van der Waals surface area contributed by atoms with E-state index in [9.17, 15) is 8.78 Å². The highest BCUT2D eigenvalue weighted by molar-refractivity contribution is 5.36. The fraction of sp³-hybridized carbons (Fsp3) is 0.500. The van der Waals surface area contributed by atoms with Crippen LogP contribution in [0, 0.1) is 6.92 Å². The Morgan fingerprint density at radius 1 is 1.54 bits per heavy atom. The van der Waals surface area contributed by atoms with Crippen molar-refractivity contribution in [3.63, 3.8) is 0 Å². The molecule has 1 aliphatic rings. The molecule has 1 atom stereocenters. The van der Waals surface area contributed by atoms with E-state index in [4.69, 9.17) is 5.73 Å². The molecule has 0 radical (unpaired) electrons. The Balaban J connectivity index is 2.44. The monoisotopic (exact) mass is 185 g/mol. The summed E-state index contributed by atoms with van der Waals surface area (Å²) in [5.74, 6) is -2.80. The van der Waals surface area contributed by atoms with E-state index in [0.717, 1.165) is 0 Å². The summed E-state index contributed by atoms with van der Waals surface area (Å²) >= 11 is 0. The van der Waals surface area contributed by atoms with Gasteiger partial charge in [-0.05, 0) is 6.92 Å². The molecular formula is C8H9F2N3. The number of nitrogens with zero attached hydrogens (tertiary/aromatic N) is 2. The van der Waals surface area contributed by atoms with Crippen LogP contribution in [0.1, 0.15) is 17.7 Å². The van der Waals surface area contributed by atoms with Gasteiger partial charge in [0, 0.05) is 23.9 Å². The standard InChI is InChI=1S/C8H9F2N3/c1-5-6(2-12-4-13-5)7(11)3-8(7,9)10/h2,4H,3,11H2,1H3. The molecule has 0 aromatic carbocycles. The van der Waals surface area contributed by atoms with Crippen LogP contribution in [0.5, 0.6) is 0 Å². The van der Waals surface area contributed by atoms with Crippen LogP contribution < -0.4 is 5.73 Å². The zero-order valence-corrected chi connectivity index (χ0v) is 7.09. The maximum Gasteiger partial charge on any atom is 0.272 e. The van der Waals surface area contributed by atoms with Gasteiger partial charge >= 0.3 is 0 Å². The summed E-state index contributed by atoms with van der Waals surface area (Å²) in [6.45, 7) is 1.65. The minimum absolute atomic E-state index is 0.311. The van der Waals surface area contributed by atoms with Crippen molar-refractivity contribution in [1.29, 1.82) is 0 Å². The van der Waals surface area contributed by atoms with Gasteiger partial charge in [0.25, 0.3) is 5.92 Å². The number of nitrogens with two attached hydrogens (primary N) is 1. The molecule has 0 bridgehead atoms. The Hall–Kier alpha value is -1.10. The highest BCUT2D eigenvalue weighted by atomic mass is 19.3. The summed E-state index contributed by atoms with van der Waals surface area (Å²) in [5, 5.41) is 0. The molecule has 1 aromatic heterocycles. The second-order valence-electron chi connectivity index (χ2n) is 3.37. The maximum absolute atomic E-state index is 12.9. The molecule has 1 aromatic rings. The third-order valence-electron chi connectivity index (χ3n) is 2.42. The summed E-state index contributed by atoms with van der Waals surface area (Å²) in [6, 6.07) is 0. The largest absolute Gasteiger partial charge is 0.316 e. The van der Waals surface area contributed by atoms with E-state index in [1.807, 2.05) is 0 Å². The SMILES string of the molecule is Cc1ncncc1C1(N)CC1(F)F. The molecule has 70 valence electrons. The molecule has 1 fully saturated rings. The first-order valence-electron chi connectivity index (χ1n) is 3.91. The Morgan fingerprint density at radius 2 is 2.15 bits per heavy atom. The molecule has 1 saturated carbocycles. The van der Waals surface area contributed by atoms with E-state index in [2.05, 4.69) is 9.97 Å². The molecule has 0 saturated heterocycles. The van der Waals surface area contributed by atoms with E-state index in [1.54, 1.807) is 6.92 Å². The van der Waals surface area contributed by atoms with Crippen LogP contribution in [0.2, 0.25) is 0 Å². The molecule has 1 heterocycles. The lowest BCUT2D eigenvalue weighted by molar-refractivity contribution is 0.0887. The van der Waals surface area contributed by atoms with Gasteiger partial charge in [-0.1, -0.05) is 0 Å². The van der Waals surface area contributed by atoms with Gasteiger partial charge in [-0.25, -0.2) is 18.7 Å². The van der Waals surface area contributed by atoms with Crippen LogP contribution in [0.15, 0.2) is 12.5 Å². The minimum Gasteiger partial charge on any atom is -0.316 e. The average molecular weight is 185 g/mol. The number of halogens is 2. The van der Waals surface area contributed by atoms with Crippen LogP contribution in [0.4, 0.5) is 8.78 Å². The lowest BCUT2D eigenvalue weighted by Crippen LogP contribution is -2.28.